The number of hydrogen-bond acceptors (Lipinski definition) is 5. The Kier molecular flexibility index (Phi) is 7.68. The molecule has 0 radical (unpaired) electrons. The van der Waals surface area contributed by atoms with Gasteiger partial charge in [-0.2, -0.15) is 0 Å². The highest BCUT2D eigenvalue weighted by molar-refractivity contribution is 5.97. The van der Waals surface area contributed by atoms with Crippen LogP contribution in [0.3, 0.4) is 0 Å². The molecule has 0 saturated carbocycles. The highest BCUT2D eigenvalue weighted by Crippen LogP contribution is 2.19. The van der Waals surface area contributed by atoms with Crippen LogP contribution in [0.15, 0.2) is 71.5 Å². The van der Waals surface area contributed by atoms with E-state index in [4.69, 9.17) is 9.72 Å². The first-order valence-electron chi connectivity index (χ1n) is 12.2. The average Bonchev–Trinajstić information content (AvgIpc) is 2.91. The Bertz CT molecular complexity index is 1410. The SMILES string of the molecule is CCN(CC)c1nc2cc(C(=O)NCc3ccc(OC)cc3)ccc2c(=O)n1Cc1ccc(C)cc1. The number of nitrogens with zero attached hydrogens (tertiary/aromatic N) is 3. The molecule has 1 N–H and O–H groups in total. The molecule has 36 heavy (non-hydrogen) atoms. The zero-order valence-corrected chi connectivity index (χ0v) is 21.2. The smallest absolute Gasteiger partial charge is 0.263 e. The highest BCUT2D eigenvalue weighted by atomic mass is 16.5. The number of carbonyl (C=O) groups excluding carboxylic acids is 1. The van der Waals surface area contributed by atoms with Crippen molar-refractivity contribution in [2.24, 2.45) is 0 Å². The molecule has 0 aliphatic rings. The number of ether oxygens (including phenoxy) is 1. The van der Waals surface area contributed by atoms with E-state index in [-0.39, 0.29) is 11.5 Å². The fourth-order valence-electron chi connectivity index (χ4n) is 4.14. The summed E-state index contributed by atoms with van der Waals surface area (Å²) in [6.45, 7) is 8.36. The number of rotatable bonds is 9. The van der Waals surface area contributed by atoms with Crippen molar-refractivity contribution in [3.63, 3.8) is 0 Å². The summed E-state index contributed by atoms with van der Waals surface area (Å²) in [6, 6.07) is 20.8. The van der Waals surface area contributed by atoms with Crippen LogP contribution < -0.4 is 20.5 Å². The molecule has 4 rings (SSSR count). The van der Waals surface area contributed by atoms with Gasteiger partial charge in [-0.15, -0.1) is 0 Å². The van der Waals surface area contributed by atoms with Crippen molar-refractivity contribution >= 4 is 22.8 Å². The lowest BCUT2D eigenvalue weighted by Gasteiger charge is -2.24. The van der Waals surface area contributed by atoms with E-state index < -0.39 is 0 Å². The molecule has 0 bridgehead atoms. The Balaban J connectivity index is 1.66. The summed E-state index contributed by atoms with van der Waals surface area (Å²) in [7, 11) is 1.62. The molecule has 1 amide bonds. The van der Waals surface area contributed by atoms with Gasteiger partial charge >= 0.3 is 0 Å². The molecule has 0 aliphatic heterocycles. The maximum atomic E-state index is 13.6. The molecular formula is C29H32N4O3. The number of aromatic nitrogens is 2. The van der Waals surface area contributed by atoms with Crippen LogP contribution in [0.4, 0.5) is 5.95 Å². The van der Waals surface area contributed by atoms with Crippen LogP contribution in [0.25, 0.3) is 10.9 Å². The molecule has 7 nitrogen and oxygen atoms in total. The van der Waals surface area contributed by atoms with E-state index >= 15 is 0 Å². The summed E-state index contributed by atoms with van der Waals surface area (Å²) in [6.07, 6.45) is 0. The minimum Gasteiger partial charge on any atom is -0.497 e. The van der Waals surface area contributed by atoms with E-state index in [1.165, 1.54) is 5.56 Å². The molecule has 186 valence electrons. The molecule has 1 aromatic heterocycles. The topological polar surface area (TPSA) is 76.5 Å². The summed E-state index contributed by atoms with van der Waals surface area (Å²) in [5.74, 6) is 1.15. The molecule has 7 heteroatoms. The first kappa shape index (κ1) is 25.0. The van der Waals surface area contributed by atoms with E-state index in [0.717, 1.165) is 16.9 Å². The van der Waals surface area contributed by atoms with E-state index in [0.29, 0.717) is 48.6 Å². The number of fused-ring (bicyclic) bond motifs is 1. The minimum absolute atomic E-state index is 0.118. The summed E-state index contributed by atoms with van der Waals surface area (Å²) in [5, 5.41) is 3.43. The van der Waals surface area contributed by atoms with Gasteiger partial charge in [-0.3, -0.25) is 14.2 Å². The van der Waals surface area contributed by atoms with Gasteiger partial charge in [0.2, 0.25) is 5.95 Å². The maximum absolute atomic E-state index is 13.6. The van der Waals surface area contributed by atoms with Crippen molar-refractivity contribution in [3.05, 3.63) is 99.3 Å². The van der Waals surface area contributed by atoms with Gasteiger partial charge in [0.25, 0.3) is 11.5 Å². The summed E-state index contributed by atoms with van der Waals surface area (Å²) in [5.41, 5.74) is 4.03. The first-order valence-corrected chi connectivity index (χ1v) is 12.2. The lowest BCUT2D eigenvalue weighted by molar-refractivity contribution is 0.0951. The second-order valence-electron chi connectivity index (χ2n) is 8.72. The molecule has 4 aromatic rings. The second kappa shape index (κ2) is 11.1. The van der Waals surface area contributed by atoms with Gasteiger partial charge in [0.1, 0.15) is 5.75 Å². The van der Waals surface area contributed by atoms with E-state index in [1.54, 1.807) is 29.9 Å². The Morgan fingerprint density at radius 3 is 2.28 bits per heavy atom. The van der Waals surface area contributed by atoms with Crippen molar-refractivity contribution in [3.8, 4) is 5.75 Å². The number of nitrogens with one attached hydrogen (secondary N) is 1. The van der Waals surface area contributed by atoms with Gasteiger partial charge in [-0.25, -0.2) is 4.98 Å². The van der Waals surface area contributed by atoms with Crippen molar-refractivity contribution < 1.29 is 9.53 Å². The predicted molar refractivity (Wildman–Crippen MR) is 144 cm³/mol. The van der Waals surface area contributed by atoms with Gasteiger partial charge in [0.05, 0.1) is 24.6 Å². The molecule has 0 atom stereocenters. The van der Waals surface area contributed by atoms with Crippen LogP contribution in [0.1, 0.15) is 40.9 Å². The van der Waals surface area contributed by atoms with Crippen molar-refractivity contribution in [1.82, 2.24) is 14.9 Å². The van der Waals surface area contributed by atoms with Gasteiger partial charge in [0, 0.05) is 25.2 Å². The minimum atomic E-state index is -0.220. The Morgan fingerprint density at radius 2 is 1.64 bits per heavy atom. The molecule has 0 fully saturated rings. The Hall–Kier alpha value is -4.13. The van der Waals surface area contributed by atoms with Gasteiger partial charge in [-0.05, 0) is 62.2 Å². The van der Waals surface area contributed by atoms with Crippen molar-refractivity contribution in [2.75, 3.05) is 25.1 Å². The molecule has 0 spiro atoms. The van der Waals surface area contributed by atoms with Gasteiger partial charge < -0.3 is 15.0 Å². The van der Waals surface area contributed by atoms with E-state index in [2.05, 4.69) is 10.2 Å². The Labute approximate surface area is 211 Å². The van der Waals surface area contributed by atoms with Crippen molar-refractivity contribution in [2.45, 2.75) is 33.9 Å². The van der Waals surface area contributed by atoms with E-state index in [1.807, 2.05) is 69.3 Å². The third kappa shape index (κ3) is 5.40. The quantitative estimate of drug-likeness (QED) is 0.378. The van der Waals surface area contributed by atoms with Crippen LogP contribution in [0, 0.1) is 6.92 Å². The number of aryl methyl sites for hydroxylation is 1. The Morgan fingerprint density at radius 1 is 0.972 bits per heavy atom. The standard InChI is InChI=1S/C29H32N4O3/c1-5-32(6-2)29-31-26-17-23(27(34)30-18-21-11-14-24(36-4)15-12-21)13-16-25(26)28(35)33(29)19-22-9-7-20(3)8-10-22/h7-17H,5-6,18-19H2,1-4H3,(H,30,34). The number of anilines is 1. The van der Waals surface area contributed by atoms with Crippen molar-refractivity contribution in [1.29, 1.82) is 0 Å². The monoisotopic (exact) mass is 484 g/mol. The summed E-state index contributed by atoms with van der Waals surface area (Å²) in [4.78, 5) is 33.4. The van der Waals surface area contributed by atoms with Crippen LogP contribution in [0.2, 0.25) is 0 Å². The lowest BCUT2D eigenvalue weighted by atomic mass is 10.1. The molecule has 0 unspecified atom stereocenters. The lowest BCUT2D eigenvalue weighted by Crippen LogP contribution is -2.33. The van der Waals surface area contributed by atoms with Crippen LogP contribution in [0.5, 0.6) is 5.75 Å². The maximum Gasteiger partial charge on any atom is 0.263 e. The largest absolute Gasteiger partial charge is 0.497 e. The number of carbonyl (C=O) groups is 1. The molecular weight excluding hydrogens is 452 g/mol. The van der Waals surface area contributed by atoms with Gasteiger partial charge in [-0.1, -0.05) is 42.0 Å². The first-order chi connectivity index (χ1) is 17.4. The zero-order chi connectivity index (χ0) is 25.7. The normalized spacial score (nSPS) is 10.9. The fourth-order valence-corrected chi connectivity index (χ4v) is 4.14. The van der Waals surface area contributed by atoms with Crippen LogP contribution >= 0.6 is 0 Å². The van der Waals surface area contributed by atoms with Crippen LogP contribution in [-0.2, 0) is 13.1 Å². The number of methoxy groups -OCH3 is 1. The molecule has 1 heterocycles. The van der Waals surface area contributed by atoms with E-state index in [9.17, 15) is 9.59 Å². The number of benzene rings is 3. The number of amides is 1. The average molecular weight is 485 g/mol. The third-order valence-electron chi connectivity index (χ3n) is 6.32. The predicted octanol–water partition coefficient (Wildman–Crippen LogP) is 4.54. The number of hydrogen-bond donors (Lipinski definition) is 1. The molecule has 0 aliphatic carbocycles. The molecule has 0 saturated heterocycles. The summed E-state index contributed by atoms with van der Waals surface area (Å²) >= 11 is 0. The zero-order valence-electron chi connectivity index (χ0n) is 21.2. The van der Waals surface area contributed by atoms with Gasteiger partial charge in [0.15, 0.2) is 0 Å². The fraction of sp³-hybridized carbons (Fsp3) is 0.276. The van der Waals surface area contributed by atoms with Crippen LogP contribution in [-0.4, -0.2) is 35.7 Å². The third-order valence-corrected chi connectivity index (χ3v) is 6.32. The molecule has 3 aromatic carbocycles. The highest BCUT2D eigenvalue weighted by Gasteiger charge is 2.17. The second-order valence-corrected chi connectivity index (χ2v) is 8.72. The summed E-state index contributed by atoms with van der Waals surface area (Å²) < 4.78 is 6.90.